The SMILES string of the molecule is [2H]C([2H])(c1ccc(OC(C)C)cc1)c1c(O[C@@H]2O[C@H](COC(=O)OCC)[C@@H](O)[C@H](O)[C@H]2O)nn(C([2H])(C)C)c1C. The molecule has 0 unspecified atom stereocenters. The van der Waals surface area contributed by atoms with Crippen LogP contribution in [-0.4, -0.2) is 81.3 Å². The van der Waals surface area contributed by atoms with E-state index in [2.05, 4.69) is 9.84 Å². The summed E-state index contributed by atoms with van der Waals surface area (Å²) in [5.41, 5.74) is 0.511. The van der Waals surface area contributed by atoms with E-state index in [1.54, 1.807) is 52.0 Å². The predicted octanol–water partition coefficient (Wildman–Crippen LogP) is 2.51. The van der Waals surface area contributed by atoms with Gasteiger partial charge in [-0.25, -0.2) is 4.79 Å². The molecule has 0 radical (unpaired) electrons. The molecule has 5 atom stereocenters. The quantitative estimate of drug-likeness (QED) is 0.396. The van der Waals surface area contributed by atoms with E-state index >= 15 is 0 Å². The molecule has 1 saturated heterocycles. The number of aliphatic hydroxyl groups excluding tert-OH is 3. The smallest absolute Gasteiger partial charge is 0.491 e. The molecule has 37 heavy (non-hydrogen) atoms. The second kappa shape index (κ2) is 12.6. The van der Waals surface area contributed by atoms with Crippen LogP contribution in [0, 0.1) is 6.92 Å². The molecule has 0 saturated carbocycles. The van der Waals surface area contributed by atoms with Crippen molar-refractivity contribution in [1.82, 2.24) is 9.78 Å². The number of ether oxygens (including phenoxy) is 5. The van der Waals surface area contributed by atoms with Gasteiger partial charge in [0, 0.05) is 26.4 Å². The molecule has 1 aromatic carbocycles. The fourth-order valence-corrected chi connectivity index (χ4v) is 3.74. The maximum absolute atomic E-state index is 11.6. The molecule has 2 heterocycles. The normalized spacial score (nSPS) is 25.7. The summed E-state index contributed by atoms with van der Waals surface area (Å²) in [6, 6.07) is 5.10. The molecule has 206 valence electrons. The Balaban J connectivity index is 1.97. The first-order chi connectivity index (χ1) is 18.6. The van der Waals surface area contributed by atoms with Crippen LogP contribution in [-0.2, 0) is 20.6 Å². The fourth-order valence-electron chi connectivity index (χ4n) is 3.74. The monoisotopic (exact) mass is 525 g/mol. The number of aliphatic hydroxyl groups is 3. The third-order valence-electron chi connectivity index (χ3n) is 5.53. The number of hydrogen-bond donors (Lipinski definition) is 3. The zero-order valence-electron chi connectivity index (χ0n) is 24.9. The van der Waals surface area contributed by atoms with Crippen LogP contribution >= 0.6 is 0 Å². The minimum Gasteiger partial charge on any atom is -0.491 e. The standard InChI is InChI=1S/C26H38N2O9/c1-7-33-26(32)34-13-20-21(29)22(30)23(31)25(36-20)37-24-19(16(6)28(27-24)14(2)3)12-17-8-10-18(11-9-17)35-15(4)5/h8-11,14-15,20-23,25,29-31H,7,12-13H2,1-6H3/t20-,21-,22+,23-,25+/m1/s1/i12D2,14D. The fraction of sp³-hybridized carbons (Fsp3) is 0.615. The Labute approximate surface area is 221 Å². The molecule has 1 aliphatic heterocycles. The number of benzene rings is 1. The van der Waals surface area contributed by atoms with Crippen molar-refractivity contribution in [3.8, 4) is 11.6 Å². The van der Waals surface area contributed by atoms with E-state index < -0.39 is 55.9 Å². The molecule has 11 heteroatoms. The number of aromatic nitrogens is 2. The first-order valence-electron chi connectivity index (χ1n) is 13.6. The molecule has 1 aliphatic rings. The van der Waals surface area contributed by atoms with Gasteiger partial charge in [-0.2, -0.15) is 0 Å². The Morgan fingerprint density at radius 1 is 1.14 bits per heavy atom. The van der Waals surface area contributed by atoms with Gasteiger partial charge in [0.1, 0.15) is 36.8 Å². The van der Waals surface area contributed by atoms with Gasteiger partial charge in [0.15, 0.2) is 0 Å². The Hall–Kier alpha value is -2.86. The predicted molar refractivity (Wildman–Crippen MR) is 133 cm³/mol. The molecule has 1 fully saturated rings. The Morgan fingerprint density at radius 3 is 2.41 bits per heavy atom. The number of carbonyl (C=O) groups is 1. The van der Waals surface area contributed by atoms with Crippen molar-refractivity contribution in [1.29, 1.82) is 0 Å². The lowest BCUT2D eigenvalue weighted by Gasteiger charge is -2.39. The van der Waals surface area contributed by atoms with Gasteiger partial charge in [-0.1, -0.05) is 12.1 Å². The average molecular weight is 526 g/mol. The van der Waals surface area contributed by atoms with Crippen LogP contribution in [0.15, 0.2) is 24.3 Å². The summed E-state index contributed by atoms with van der Waals surface area (Å²) in [6.45, 7) is 9.59. The molecule has 0 spiro atoms. The van der Waals surface area contributed by atoms with E-state index in [0.717, 1.165) is 0 Å². The lowest BCUT2D eigenvalue weighted by molar-refractivity contribution is -0.278. The molecule has 3 N–H and O–H groups in total. The highest BCUT2D eigenvalue weighted by atomic mass is 16.7. The Morgan fingerprint density at radius 2 is 1.81 bits per heavy atom. The van der Waals surface area contributed by atoms with E-state index in [4.69, 9.17) is 23.1 Å². The number of rotatable bonds is 10. The van der Waals surface area contributed by atoms with E-state index in [1.165, 1.54) is 4.68 Å². The topological polar surface area (TPSA) is 142 Å². The van der Waals surface area contributed by atoms with Crippen LogP contribution < -0.4 is 9.47 Å². The molecule has 11 nitrogen and oxygen atoms in total. The minimum absolute atomic E-state index is 0.0268. The summed E-state index contributed by atoms with van der Waals surface area (Å²) in [6.07, 6.45) is -11.4. The van der Waals surface area contributed by atoms with Crippen LogP contribution in [0.2, 0.25) is 0 Å². The van der Waals surface area contributed by atoms with Gasteiger partial charge >= 0.3 is 6.16 Å². The zero-order valence-corrected chi connectivity index (χ0v) is 21.9. The minimum atomic E-state index is -2.19. The van der Waals surface area contributed by atoms with Crippen molar-refractivity contribution in [3.63, 3.8) is 0 Å². The number of nitrogens with zero attached hydrogens (tertiary/aromatic N) is 2. The molecule has 3 rings (SSSR count). The van der Waals surface area contributed by atoms with Crippen molar-refractivity contribution >= 4 is 6.16 Å². The second-order valence-corrected chi connectivity index (χ2v) is 9.07. The molecule has 0 bridgehead atoms. The van der Waals surface area contributed by atoms with Gasteiger partial charge in [-0.3, -0.25) is 4.68 Å². The third kappa shape index (κ3) is 7.13. The Kier molecular flexibility index (Phi) is 8.33. The highest BCUT2D eigenvalue weighted by Gasteiger charge is 2.46. The van der Waals surface area contributed by atoms with E-state index in [-0.39, 0.29) is 35.4 Å². The maximum atomic E-state index is 11.6. The van der Waals surface area contributed by atoms with Gasteiger partial charge in [0.2, 0.25) is 12.2 Å². The van der Waals surface area contributed by atoms with E-state index in [0.29, 0.717) is 5.75 Å². The second-order valence-electron chi connectivity index (χ2n) is 9.07. The van der Waals surface area contributed by atoms with E-state index in [9.17, 15) is 20.1 Å². The average Bonchev–Trinajstić information content (AvgIpc) is 3.20. The van der Waals surface area contributed by atoms with Crippen molar-refractivity contribution in [2.24, 2.45) is 0 Å². The van der Waals surface area contributed by atoms with Gasteiger partial charge in [0.05, 0.1) is 14.1 Å². The van der Waals surface area contributed by atoms with E-state index in [1.807, 2.05) is 13.8 Å². The van der Waals surface area contributed by atoms with Gasteiger partial charge < -0.3 is 39.0 Å². The first-order valence-corrected chi connectivity index (χ1v) is 12.1. The summed E-state index contributed by atoms with van der Waals surface area (Å²) in [7, 11) is 0. The van der Waals surface area contributed by atoms with Crippen LogP contribution in [0.1, 0.15) is 61.6 Å². The van der Waals surface area contributed by atoms with Crippen molar-refractivity contribution in [3.05, 3.63) is 41.1 Å². The van der Waals surface area contributed by atoms with Gasteiger partial charge in [-0.15, -0.1) is 5.10 Å². The van der Waals surface area contributed by atoms with Crippen molar-refractivity contribution in [2.45, 2.75) is 90.7 Å². The molecule has 0 amide bonds. The Bertz CT molecular complexity index is 1150. The number of carbonyl (C=O) groups excluding carboxylic acids is 1. The van der Waals surface area contributed by atoms with Crippen molar-refractivity contribution in [2.75, 3.05) is 13.2 Å². The molecular weight excluding hydrogens is 484 g/mol. The summed E-state index contributed by atoms with van der Waals surface area (Å²) >= 11 is 0. The number of hydrogen-bond acceptors (Lipinski definition) is 10. The lowest BCUT2D eigenvalue weighted by atomic mass is 9.99. The van der Waals surface area contributed by atoms with Crippen LogP contribution in [0.4, 0.5) is 4.79 Å². The molecule has 0 aliphatic carbocycles. The summed E-state index contributed by atoms with van der Waals surface area (Å²) < 4.78 is 54.5. The molecule has 2 aromatic rings. The van der Waals surface area contributed by atoms with Crippen LogP contribution in [0.5, 0.6) is 11.6 Å². The summed E-state index contributed by atoms with van der Waals surface area (Å²) in [4.78, 5) is 11.6. The maximum Gasteiger partial charge on any atom is 0.508 e. The highest BCUT2D eigenvalue weighted by Crippen LogP contribution is 2.31. The lowest BCUT2D eigenvalue weighted by Crippen LogP contribution is -2.60. The molecular formula is C26H38N2O9. The van der Waals surface area contributed by atoms with Gasteiger partial charge in [0.25, 0.3) is 0 Å². The molecule has 1 aromatic heterocycles. The van der Waals surface area contributed by atoms with Crippen LogP contribution in [0.25, 0.3) is 0 Å². The van der Waals surface area contributed by atoms with Gasteiger partial charge in [-0.05, 0) is 59.2 Å². The highest BCUT2D eigenvalue weighted by molar-refractivity contribution is 5.59. The van der Waals surface area contributed by atoms with Crippen molar-refractivity contribution < 1.29 is 47.9 Å². The summed E-state index contributed by atoms with van der Waals surface area (Å²) in [5, 5.41) is 35.8. The zero-order chi connectivity index (χ0) is 30.0. The summed E-state index contributed by atoms with van der Waals surface area (Å²) in [5.74, 6) is 0.274. The third-order valence-corrected chi connectivity index (χ3v) is 5.53. The van der Waals surface area contributed by atoms with Crippen LogP contribution in [0.3, 0.4) is 0 Å². The first kappa shape index (κ1) is 24.5. The largest absolute Gasteiger partial charge is 0.508 e.